The molecular formula is C64H113N11O13. The van der Waals surface area contributed by atoms with Crippen LogP contribution in [0.3, 0.4) is 0 Å². The molecule has 0 spiro atoms. The molecule has 2 saturated heterocycles. The minimum Gasteiger partial charge on any atom is -0.390 e. The summed E-state index contributed by atoms with van der Waals surface area (Å²) in [5, 5.41) is 32.0. The van der Waals surface area contributed by atoms with Gasteiger partial charge in [0.1, 0.15) is 60.4 Å². The van der Waals surface area contributed by atoms with E-state index in [1.165, 1.54) is 85.7 Å². The van der Waals surface area contributed by atoms with Gasteiger partial charge in [0.2, 0.25) is 65.0 Å². The second-order valence-corrected chi connectivity index (χ2v) is 27.2. The number of nitrogens with one attached hydrogen (secondary N) is 3. The van der Waals surface area contributed by atoms with E-state index in [1.54, 1.807) is 60.6 Å². The van der Waals surface area contributed by atoms with Gasteiger partial charge in [0, 0.05) is 55.9 Å². The molecule has 24 heteroatoms. The van der Waals surface area contributed by atoms with Crippen molar-refractivity contribution in [3.05, 3.63) is 12.2 Å². The second kappa shape index (κ2) is 34.7. The van der Waals surface area contributed by atoms with Crippen LogP contribution in [0.4, 0.5) is 0 Å². The number of rotatable bonds is 15. The highest BCUT2D eigenvalue weighted by Crippen LogP contribution is 2.28. The van der Waals surface area contributed by atoms with Gasteiger partial charge in [-0.2, -0.15) is 0 Å². The molecule has 0 aromatic heterocycles. The summed E-state index contributed by atoms with van der Waals surface area (Å²) < 4.78 is 0. The topological polar surface area (TPSA) is 290 Å². The summed E-state index contributed by atoms with van der Waals surface area (Å²) in [6.07, 6.45) is 1.50. The summed E-state index contributed by atoms with van der Waals surface area (Å²) in [6.45, 7) is 27.7. The molecule has 11 amide bonds. The molecule has 24 nitrogen and oxygen atoms in total. The van der Waals surface area contributed by atoms with Crippen molar-refractivity contribution < 1.29 is 63.0 Å². The normalized spacial score (nSPS) is 28.0. The first kappa shape index (κ1) is 77.9. The Bertz CT molecular complexity index is 2450. The molecule has 0 bridgehead atoms. The molecule has 0 radical (unpaired) electrons. The first-order valence-electron chi connectivity index (χ1n) is 31.7. The van der Waals surface area contributed by atoms with Gasteiger partial charge in [-0.3, -0.25) is 52.7 Å². The molecule has 2 unspecified atom stereocenters. The number of amides is 11. The smallest absolute Gasteiger partial charge is 0.248 e. The number of hydrogen-bond acceptors (Lipinski definition) is 13. The number of nitrogens with zero attached hydrogens (tertiary/aromatic N) is 8. The van der Waals surface area contributed by atoms with Crippen LogP contribution < -0.4 is 16.0 Å². The van der Waals surface area contributed by atoms with Gasteiger partial charge in [0.15, 0.2) is 0 Å². The van der Waals surface area contributed by atoms with E-state index in [-0.39, 0.29) is 68.7 Å². The molecule has 0 aliphatic carbocycles. The highest BCUT2D eigenvalue weighted by atomic mass is 16.3. The molecule has 2 rings (SSSR count). The van der Waals surface area contributed by atoms with Crippen LogP contribution in [0.1, 0.15) is 156 Å². The van der Waals surface area contributed by atoms with Crippen molar-refractivity contribution in [2.24, 2.45) is 41.4 Å². The Balaban J connectivity index is 3.04. The van der Waals surface area contributed by atoms with Gasteiger partial charge in [-0.25, -0.2) is 0 Å². The Morgan fingerprint density at radius 1 is 0.511 bits per heavy atom. The van der Waals surface area contributed by atoms with Crippen molar-refractivity contribution in [1.29, 1.82) is 0 Å². The lowest BCUT2D eigenvalue weighted by molar-refractivity contribution is -0.158. The van der Waals surface area contributed by atoms with Crippen LogP contribution in [-0.4, -0.2) is 249 Å². The van der Waals surface area contributed by atoms with Crippen LogP contribution in [0.15, 0.2) is 12.2 Å². The van der Waals surface area contributed by atoms with E-state index in [1.807, 2.05) is 55.4 Å². The van der Waals surface area contributed by atoms with Gasteiger partial charge in [-0.15, -0.1) is 0 Å². The van der Waals surface area contributed by atoms with Gasteiger partial charge in [0.05, 0.1) is 18.8 Å². The fraction of sp³-hybridized carbons (Fsp3) is 0.797. The van der Waals surface area contributed by atoms with Crippen molar-refractivity contribution in [2.75, 3.05) is 62.4 Å². The van der Waals surface area contributed by atoms with Crippen LogP contribution in [0.5, 0.6) is 0 Å². The number of hydrogen-bond donors (Lipinski definition) is 5. The van der Waals surface area contributed by atoms with Crippen molar-refractivity contribution in [3.8, 4) is 0 Å². The van der Waals surface area contributed by atoms with E-state index in [4.69, 9.17) is 0 Å². The Morgan fingerprint density at radius 2 is 0.955 bits per heavy atom. The second-order valence-electron chi connectivity index (χ2n) is 27.2. The Morgan fingerprint density at radius 3 is 1.42 bits per heavy atom. The third kappa shape index (κ3) is 20.2. The maximum absolute atomic E-state index is 15.2. The molecule has 5 N–H and O–H groups in total. The Kier molecular flexibility index (Phi) is 30.7. The molecule has 2 fully saturated rings. The van der Waals surface area contributed by atoms with E-state index in [0.29, 0.717) is 6.42 Å². The van der Waals surface area contributed by atoms with Crippen LogP contribution in [-0.2, 0) is 52.7 Å². The first-order valence-corrected chi connectivity index (χ1v) is 31.7. The van der Waals surface area contributed by atoms with Crippen molar-refractivity contribution in [1.82, 2.24) is 55.1 Å². The monoisotopic (exact) mass is 1240 g/mol. The molecule has 2 aliphatic heterocycles. The lowest BCUT2D eigenvalue weighted by Gasteiger charge is -2.42. The number of fused-ring (bicyclic) bond motifs is 1. The summed E-state index contributed by atoms with van der Waals surface area (Å²) in [5.74, 6) is -10.2. The molecule has 0 aromatic rings. The Hall–Kier alpha value is -6.17. The maximum Gasteiger partial charge on any atom is 0.248 e. The van der Waals surface area contributed by atoms with Crippen LogP contribution in [0.25, 0.3) is 0 Å². The molecule has 502 valence electrons. The summed E-state index contributed by atoms with van der Waals surface area (Å²) >= 11 is 0. The number of carbonyl (C=O) groups excluding carboxylic acids is 11. The van der Waals surface area contributed by atoms with Gasteiger partial charge in [-0.05, 0) is 100 Å². The predicted molar refractivity (Wildman–Crippen MR) is 337 cm³/mol. The zero-order valence-corrected chi connectivity index (χ0v) is 57.5. The highest BCUT2D eigenvalue weighted by Gasteiger charge is 2.49. The van der Waals surface area contributed by atoms with Gasteiger partial charge >= 0.3 is 0 Å². The van der Waals surface area contributed by atoms with Gasteiger partial charge in [0.25, 0.3) is 0 Å². The van der Waals surface area contributed by atoms with E-state index < -0.39 is 162 Å². The molecule has 2 aliphatic rings. The summed E-state index contributed by atoms with van der Waals surface area (Å²) in [7, 11) is 9.83. The van der Waals surface area contributed by atoms with E-state index in [2.05, 4.69) is 16.0 Å². The standard InChI is InChI=1S/C64H113N11O13/c1-24-26-27-41(15)54(78)53-57(81)66-43(25-2)59(83)68(17)34-49(77)69(18)44(30-35(3)4)56(80)67-50(39(11)12)62(86)70(19)45(31-36(5)6)55(79)65-42(16)58(82)75-29-28-48(76)52(75)64(88)72(21)46(32-37(7)8)60(84)71(20)47(33-38(9)10)61(85)73(22)51(40(13)14)63(87)74(53)23/h24,26,35-48,50-54,76,78H,25,27-34H2,1-23H3,(H,65,79)(H,66,81)(H,67,80)/b26-24+/t41?,42-,43-,44-,45-,46-,47-,48+,50-,51-,52+,53-,54?/m0/s1. The van der Waals surface area contributed by atoms with E-state index in [9.17, 15) is 48.6 Å². The molecule has 0 aromatic carbocycles. The van der Waals surface area contributed by atoms with Crippen molar-refractivity contribution in [2.45, 2.75) is 228 Å². The first-order chi connectivity index (χ1) is 40.7. The summed E-state index contributed by atoms with van der Waals surface area (Å²) in [6, 6.07) is -12.9. The number of carbonyl (C=O) groups is 11. The highest BCUT2D eigenvalue weighted by molar-refractivity contribution is 6.00. The van der Waals surface area contributed by atoms with Crippen LogP contribution >= 0.6 is 0 Å². The van der Waals surface area contributed by atoms with Crippen LogP contribution in [0, 0.1) is 41.4 Å². The molecule has 88 heavy (non-hydrogen) atoms. The van der Waals surface area contributed by atoms with Crippen molar-refractivity contribution >= 4 is 65.0 Å². The lowest BCUT2D eigenvalue weighted by atomic mass is 9.91. The van der Waals surface area contributed by atoms with Crippen LogP contribution in [0.2, 0.25) is 0 Å². The number of allylic oxidation sites excluding steroid dienone is 2. The minimum atomic E-state index is -1.63. The minimum absolute atomic E-state index is 0.00529. The van der Waals surface area contributed by atoms with Crippen molar-refractivity contribution in [3.63, 3.8) is 0 Å². The zero-order valence-electron chi connectivity index (χ0n) is 57.5. The summed E-state index contributed by atoms with van der Waals surface area (Å²) in [5.41, 5.74) is 0. The third-order valence-corrected chi connectivity index (χ3v) is 17.2. The largest absolute Gasteiger partial charge is 0.390 e. The van der Waals surface area contributed by atoms with E-state index in [0.717, 1.165) is 9.80 Å². The molecular weight excluding hydrogens is 1130 g/mol. The predicted octanol–water partition coefficient (Wildman–Crippen LogP) is 2.73. The fourth-order valence-corrected chi connectivity index (χ4v) is 11.8. The lowest BCUT2D eigenvalue weighted by Crippen LogP contribution is -2.63. The van der Waals surface area contributed by atoms with E-state index >= 15 is 14.4 Å². The van der Waals surface area contributed by atoms with Gasteiger partial charge in [-0.1, -0.05) is 109 Å². The fourth-order valence-electron chi connectivity index (χ4n) is 11.8. The average molecular weight is 1240 g/mol. The van der Waals surface area contributed by atoms with Gasteiger partial charge < -0.3 is 65.4 Å². The SMILES string of the molecule is C/C=C/CC(C)C(O)[C@H]1C(=O)N[C@@H](CC)C(=O)N(C)CC(=O)N(C)[C@@H](CC(C)C)C(=O)N[C@@H](C(C)C)C(=O)N(C)[C@@H](CC(C)C)C(=O)N[C@@H](C)C(=O)N2CC[C@@H](O)[C@@H]2C(=O)N(C)[C@@H](CC(C)C)C(=O)N(C)[C@@H](CC(C)C)C(=O)N(C)[C@@H](C(C)C)C(=O)N1C. The molecule has 0 saturated carbocycles. The quantitative estimate of drug-likeness (QED) is 0.148. The number of aliphatic hydroxyl groups is 2. The average Bonchev–Trinajstić information content (AvgIpc) is 4.04. The summed E-state index contributed by atoms with van der Waals surface area (Å²) in [4.78, 5) is 172. The number of likely N-dealkylation sites (N-methyl/N-ethyl adjacent to an activating group) is 7. The zero-order chi connectivity index (χ0) is 67.8. The maximum atomic E-state index is 15.2. The Labute approximate surface area is 525 Å². The molecule has 13 atom stereocenters. The third-order valence-electron chi connectivity index (χ3n) is 17.2. The number of aliphatic hydroxyl groups excluding tert-OH is 2. The molecule has 2 heterocycles.